The molecule has 3 nitrogen and oxygen atoms in total. The molecule has 2 aromatic rings. The van der Waals surface area contributed by atoms with Gasteiger partial charge in [0.2, 0.25) is 0 Å². The molecule has 1 aromatic carbocycles. The van der Waals surface area contributed by atoms with Crippen molar-refractivity contribution in [2.24, 2.45) is 0 Å². The lowest BCUT2D eigenvalue weighted by atomic mass is 10.1. The van der Waals surface area contributed by atoms with Crippen LogP contribution in [0.15, 0.2) is 53.6 Å². The number of rotatable bonds is 8. The highest BCUT2D eigenvalue weighted by Gasteiger charge is 2.20. The highest BCUT2D eigenvalue weighted by atomic mass is 32.2. The minimum Gasteiger partial charge on any atom is -0.241 e. The zero-order valence-corrected chi connectivity index (χ0v) is 23.8. The van der Waals surface area contributed by atoms with E-state index in [1.807, 2.05) is 44.2 Å². The summed E-state index contributed by atoms with van der Waals surface area (Å²) in [7, 11) is -3.51. The Morgan fingerprint density at radius 3 is 1.73 bits per heavy atom. The molecule has 0 N–H and O–H groups in total. The molecule has 0 aliphatic rings. The Hall–Kier alpha value is -1.81. The lowest BCUT2D eigenvalue weighted by molar-refractivity contribution is 0.594. The number of fused-ring (bicyclic) bond motifs is 1. The molecule has 4 heteroatoms. The van der Waals surface area contributed by atoms with Crippen molar-refractivity contribution in [1.82, 2.24) is 3.97 Å². The van der Waals surface area contributed by atoms with Crippen LogP contribution in [-0.4, -0.2) is 12.4 Å². The Labute approximate surface area is 206 Å². The van der Waals surface area contributed by atoms with Crippen molar-refractivity contribution in [2.75, 3.05) is 0 Å². The Morgan fingerprint density at radius 2 is 1.33 bits per heavy atom. The zero-order chi connectivity index (χ0) is 25.7. The Kier molecular flexibility index (Phi) is 21.0. The molecule has 0 saturated carbocycles. The summed E-state index contributed by atoms with van der Waals surface area (Å²) in [4.78, 5) is 0.417. The first-order chi connectivity index (χ1) is 15.8. The monoisotopic (exact) mass is 477 g/mol. The summed E-state index contributed by atoms with van der Waals surface area (Å²) < 4.78 is 27.0. The summed E-state index contributed by atoms with van der Waals surface area (Å²) in [5, 5.41) is 1.00. The molecule has 0 radical (unpaired) electrons. The van der Waals surface area contributed by atoms with Crippen molar-refractivity contribution in [3.63, 3.8) is 0 Å². The number of hydrogen-bond acceptors (Lipinski definition) is 2. The van der Waals surface area contributed by atoms with E-state index >= 15 is 0 Å². The van der Waals surface area contributed by atoms with E-state index in [1.165, 1.54) is 42.5 Å². The first-order valence-corrected chi connectivity index (χ1v) is 14.4. The average Bonchev–Trinajstić information content (AvgIpc) is 3.30. The third-order valence-electron chi connectivity index (χ3n) is 5.08. The maximum atomic E-state index is 12.8. The molecule has 2 rings (SSSR count). The van der Waals surface area contributed by atoms with Crippen LogP contribution in [0.5, 0.6) is 0 Å². The van der Waals surface area contributed by atoms with Crippen LogP contribution in [0.4, 0.5) is 0 Å². The summed E-state index contributed by atoms with van der Waals surface area (Å²) in [5.41, 5.74) is 1.91. The van der Waals surface area contributed by atoms with Crippen molar-refractivity contribution in [2.45, 2.75) is 114 Å². The fourth-order valence-electron chi connectivity index (χ4n) is 2.44. The number of aromatic nitrogens is 1. The Bertz CT molecular complexity index is 874. The van der Waals surface area contributed by atoms with Gasteiger partial charge in [-0.2, -0.15) is 0 Å². The predicted octanol–water partition coefficient (Wildman–Crippen LogP) is 9.67. The van der Waals surface area contributed by atoms with Gasteiger partial charge < -0.3 is 0 Å². The van der Waals surface area contributed by atoms with Gasteiger partial charge in [-0.3, -0.25) is 0 Å². The van der Waals surface area contributed by atoms with Gasteiger partial charge in [0.15, 0.2) is 0 Å². The van der Waals surface area contributed by atoms with Crippen LogP contribution < -0.4 is 0 Å². The fourth-order valence-corrected chi connectivity index (χ4v) is 3.95. The third kappa shape index (κ3) is 12.3. The van der Waals surface area contributed by atoms with Crippen LogP contribution in [0.25, 0.3) is 10.9 Å². The molecular formula is C29H51NO2S. The standard InChI is InChI=1S/C17H21NO2S.3C4H10/c1-4-7-10-15(6-3)21(19,20)18-13-12-16-14(5-2)9-8-11-17(16)18;3*1-3-4-2/h4,7-13H,5-6H2,1-3H3;3*3-4H2,1-2H3/b7-4-,15-10+;;;. The van der Waals surface area contributed by atoms with E-state index in [0.717, 1.165) is 22.9 Å². The highest BCUT2D eigenvalue weighted by Crippen LogP contribution is 2.25. The van der Waals surface area contributed by atoms with E-state index < -0.39 is 10.0 Å². The van der Waals surface area contributed by atoms with E-state index in [9.17, 15) is 8.42 Å². The van der Waals surface area contributed by atoms with Gasteiger partial charge in [0.05, 0.1) is 10.4 Å². The molecule has 0 atom stereocenters. The van der Waals surface area contributed by atoms with Gasteiger partial charge >= 0.3 is 0 Å². The van der Waals surface area contributed by atoms with Crippen LogP contribution in [0.2, 0.25) is 0 Å². The van der Waals surface area contributed by atoms with E-state index in [-0.39, 0.29) is 0 Å². The van der Waals surface area contributed by atoms with Gasteiger partial charge in [-0.15, -0.1) is 0 Å². The minimum atomic E-state index is -3.51. The van der Waals surface area contributed by atoms with Crippen molar-refractivity contribution in [3.8, 4) is 0 Å². The molecule has 190 valence electrons. The van der Waals surface area contributed by atoms with Gasteiger partial charge in [-0.1, -0.05) is 118 Å². The first kappa shape index (κ1) is 33.4. The lowest BCUT2D eigenvalue weighted by Gasteiger charge is -2.10. The third-order valence-corrected chi connectivity index (χ3v) is 7.01. The Balaban J connectivity index is 0. The smallest absolute Gasteiger partial charge is 0.241 e. The van der Waals surface area contributed by atoms with Gasteiger partial charge in [-0.25, -0.2) is 12.4 Å². The van der Waals surface area contributed by atoms with Crippen LogP contribution in [0, 0.1) is 0 Å². The minimum absolute atomic E-state index is 0.417. The number of benzene rings is 1. The average molecular weight is 478 g/mol. The Morgan fingerprint density at radius 1 is 0.818 bits per heavy atom. The topological polar surface area (TPSA) is 39.1 Å². The van der Waals surface area contributed by atoms with E-state index in [0.29, 0.717) is 11.3 Å². The van der Waals surface area contributed by atoms with Gasteiger partial charge in [0.1, 0.15) is 0 Å². The first-order valence-electron chi connectivity index (χ1n) is 13.0. The summed E-state index contributed by atoms with van der Waals surface area (Å²) >= 11 is 0. The molecular weight excluding hydrogens is 426 g/mol. The summed E-state index contributed by atoms with van der Waals surface area (Å²) in [6.45, 7) is 18.9. The molecule has 0 saturated heterocycles. The second-order valence-electron chi connectivity index (χ2n) is 7.83. The van der Waals surface area contributed by atoms with Crippen molar-refractivity contribution < 1.29 is 8.42 Å². The second kappa shape index (κ2) is 20.8. The fraction of sp³-hybridized carbons (Fsp3) is 0.586. The van der Waals surface area contributed by atoms with Crippen LogP contribution in [0.3, 0.4) is 0 Å². The predicted molar refractivity (Wildman–Crippen MR) is 151 cm³/mol. The van der Waals surface area contributed by atoms with Gasteiger partial charge in [-0.05, 0) is 43.5 Å². The molecule has 0 spiro atoms. The highest BCUT2D eigenvalue weighted by molar-refractivity contribution is 7.94. The molecule has 1 heterocycles. The normalized spacial score (nSPS) is 11.2. The van der Waals surface area contributed by atoms with Crippen molar-refractivity contribution in [3.05, 3.63) is 59.2 Å². The summed E-state index contributed by atoms with van der Waals surface area (Å²) in [6, 6.07) is 7.69. The maximum absolute atomic E-state index is 12.8. The van der Waals surface area contributed by atoms with E-state index in [1.54, 1.807) is 18.3 Å². The molecule has 0 unspecified atom stereocenters. The van der Waals surface area contributed by atoms with Crippen LogP contribution in [0.1, 0.15) is 113 Å². The molecule has 0 aliphatic carbocycles. The van der Waals surface area contributed by atoms with E-state index in [4.69, 9.17) is 0 Å². The lowest BCUT2D eigenvalue weighted by Crippen LogP contribution is -2.13. The molecule has 0 fully saturated rings. The quantitative estimate of drug-likeness (QED) is 0.355. The molecule has 0 amide bonds. The van der Waals surface area contributed by atoms with Crippen LogP contribution >= 0.6 is 0 Å². The zero-order valence-electron chi connectivity index (χ0n) is 22.9. The van der Waals surface area contributed by atoms with Crippen molar-refractivity contribution in [1.29, 1.82) is 0 Å². The SMILES string of the molecule is C/C=C\C=C(/CC)S(=O)(=O)n1ccc2c(CC)cccc21.CCCC.CCCC.CCCC. The number of hydrogen-bond donors (Lipinski definition) is 0. The number of allylic oxidation sites excluding steroid dienone is 4. The molecule has 1 aromatic heterocycles. The molecule has 0 bridgehead atoms. The second-order valence-corrected chi connectivity index (χ2v) is 9.70. The van der Waals surface area contributed by atoms with Gasteiger partial charge in [0.25, 0.3) is 10.0 Å². The largest absolute Gasteiger partial charge is 0.264 e. The summed E-state index contributed by atoms with van der Waals surface area (Å²) in [6.07, 6.45) is 16.2. The van der Waals surface area contributed by atoms with Gasteiger partial charge in [0, 0.05) is 11.6 Å². The maximum Gasteiger partial charge on any atom is 0.264 e. The molecule has 33 heavy (non-hydrogen) atoms. The van der Waals surface area contributed by atoms with E-state index in [2.05, 4.69) is 48.5 Å². The van der Waals surface area contributed by atoms with Crippen LogP contribution in [-0.2, 0) is 16.4 Å². The number of unbranched alkanes of at least 4 members (excludes halogenated alkanes) is 3. The summed E-state index contributed by atoms with van der Waals surface area (Å²) in [5.74, 6) is 0. The van der Waals surface area contributed by atoms with Crippen molar-refractivity contribution >= 4 is 20.9 Å². The number of nitrogens with zero attached hydrogens (tertiary/aromatic N) is 1. The molecule has 0 aliphatic heterocycles. The number of aryl methyl sites for hydroxylation is 1.